The molecular formula is C21H20N4O4. The molecule has 3 aromatic rings. The number of benzene rings is 1. The first-order valence-corrected chi connectivity index (χ1v) is 9.02. The van der Waals surface area contributed by atoms with Gasteiger partial charge in [-0.25, -0.2) is 0 Å². The highest BCUT2D eigenvalue weighted by molar-refractivity contribution is 6.40. The number of carbonyl (C=O) groups is 3. The lowest BCUT2D eigenvalue weighted by Crippen LogP contribution is -2.37. The summed E-state index contributed by atoms with van der Waals surface area (Å²) < 4.78 is 5.17. The number of carbonyl (C=O) groups excluding carboxylic acids is 3. The number of para-hydroxylation sites is 1. The van der Waals surface area contributed by atoms with Crippen LogP contribution in [-0.4, -0.2) is 29.3 Å². The van der Waals surface area contributed by atoms with Gasteiger partial charge in [0.05, 0.1) is 24.1 Å². The van der Waals surface area contributed by atoms with Gasteiger partial charge in [0.25, 0.3) is 5.91 Å². The maximum atomic E-state index is 12.4. The summed E-state index contributed by atoms with van der Waals surface area (Å²) in [6, 6.07) is 15.4. The van der Waals surface area contributed by atoms with Crippen molar-refractivity contribution in [1.82, 2.24) is 15.6 Å². The summed E-state index contributed by atoms with van der Waals surface area (Å²) >= 11 is 0. The molecule has 8 nitrogen and oxygen atoms in total. The van der Waals surface area contributed by atoms with Crippen LogP contribution in [0.15, 0.2) is 71.5 Å². The van der Waals surface area contributed by atoms with E-state index in [1.54, 1.807) is 48.7 Å². The minimum atomic E-state index is -0.850. The maximum absolute atomic E-state index is 12.4. The average Bonchev–Trinajstić information content (AvgIpc) is 3.27. The quantitative estimate of drug-likeness (QED) is 0.532. The van der Waals surface area contributed by atoms with Crippen molar-refractivity contribution in [2.24, 2.45) is 0 Å². The fourth-order valence-electron chi connectivity index (χ4n) is 2.58. The van der Waals surface area contributed by atoms with Crippen LogP contribution in [0.25, 0.3) is 0 Å². The van der Waals surface area contributed by atoms with Gasteiger partial charge < -0.3 is 20.4 Å². The molecule has 0 bridgehead atoms. The molecule has 0 radical (unpaired) electrons. The molecule has 3 rings (SSSR count). The molecule has 0 aliphatic carbocycles. The molecule has 0 saturated heterocycles. The Morgan fingerprint density at radius 3 is 2.48 bits per heavy atom. The number of amides is 3. The van der Waals surface area contributed by atoms with E-state index in [4.69, 9.17) is 4.42 Å². The summed E-state index contributed by atoms with van der Waals surface area (Å²) in [6.07, 6.45) is 3.69. The van der Waals surface area contributed by atoms with Crippen LogP contribution in [0.5, 0.6) is 0 Å². The van der Waals surface area contributed by atoms with Crippen LogP contribution in [0.4, 0.5) is 5.69 Å². The third kappa shape index (κ3) is 5.77. The second kappa shape index (κ2) is 9.84. The number of nitrogens with one attached hydrogen (secondary N) is 3. The summed E-state index contributed by atoms with van der Waals surface area (Å²) in [4.78, 5) is 40.8. The number of hydrogen-bond donors (Lipinski definition) is 3. The predicted molar refractivity (Wildman–Crippen MR) is 106 cm³/mol. The van der Waals surface area contributed by atoms with Gasteiger partial charge in [-0.1, -0.05) is 18.2 Å². The van der Waals surface area contributed by atoms with Crippen molar-refractivity contribution in [3.63, 3.8) is 0 Å². The molecule has 8 heteroatoms. The SMILES string of the molecule is O=C(NCCc1ccccn1)C(=O)Nc1ccccc1C(=O)NCc1ccco1. The molecule has 0 aliphatic rings. The van der Waals surface area contributed by atoms with E-state index in [0.717, 1.165) is 5.69 Å². The monoisotopic (exact) mass is 392 g/mol. The molecule has 148 valence electrons. The third-order valence-electron chi connectivity index (χ3n) is 4.02. The normalized spacial score (nSPS) is 10.2. The van der Waals surface area contributed by atoms with Gasteiger partial charge in [0.15, 0.2) is 0 Å². The number of pyridine rings is 1. The standard InChI is InChI=1S/C21H20N4O4/c26-19(24-14-16-7-5-13-29-16)17-8-1-2-9-18(17)25-21(28)20(27)23-12-10-15-6-3-4-11-22-15/h1-9,11,13H,10,12,14H2,(H,23,27)(H,24,26)(H,25,28). The first kappa shape index (κ1) is 19.8. The molecule has 0 saturated carbocycles. The summed E-state index contributed by atoms with van der Waals surface area (Å²) in [5, 5.41) is 7.73. The van der Waals surface area contributed by atoms with Crippen molar-refractivity contribution < 1.29 is 18.8 Å². The highest BCUT2D eigenvalue weighted by atomic mass is 16.3. The summed E-state index contributed by atoms with van der Waals surface area (Å²) in [7, 11) is 0. The van der Waals surface area contributed by atoms with Crippen LogP contribution in [0.3, 0.4) is 0 Å². The Kier molecular flexibility index (Phi) is 6.72. The summed E-state index contributed by atoms with van der Waals surface area (Å²) in [5.41, 5.74) is 1.30. The fourth-order valence-corrected chi connectivity index (χ4v) is 2.58. The van der Waals surface area contributed by atoms with E-state index < -0.39 is 17.7 Å². The van der Waals surface area contributed by atoms with Gasteiger partial charge in [-0.05, 0) is 36.4 Å². The first-order chi connectivity index (χ1) is 14.1. The van der Waals surface area contributed by atoms with Gasteiger partial charge >= 0.3 is 11.8 Å². The number of rotatable bonds is 7. The van der Waals surface area contributed by atoms with E-state index in [1.807, 2.05) is 12.1 Å². The molecule has 0 atom stereocenters. The van der Waals surface area contributed by atoms with Gasteiger partial charge in [0.2, 0.25) is 0 Å². The predicted octanol–water partition coefficient (Wildman–Crippen LogP) is 1.90. The molecule has 0 aliphatic heterocycles. The molecular weight excluding hydrogens is 372 g/mol. The Bertz CT molecular complexity index is 971. The Morgan fingerprint density at radius 1 is 0.897 bits per heavy atom. The molecule has 3 N–H and O–H groups in total. The van der Waals surface area contributed by atoms with Crippen LogP contribution in [0.1, 0.15) is 21.8 Å². The van der Waals surface area contributed by atoms with E-state index in [-0.39, 0.29) is 24.3 Å². The first-order valence-electron chi connectivity index (χ1n) is 9.02. The van der Waals surface area contributed by atoms with Crippen LogP contribution in [0.2, 0.25) is 0 Å². The molecule has 3 amide bonds. The maximum Gasteiger partial charge on any atom is 0.313 e. The Labute approximate surface area is 167 Å². The molecule has 0 fully saturated rings. The van der Waals surface area contributed by atoms with Gasteiger partial charge in [0, 0.05) is 24.9 Å². The number of furan rings is 1. The second-order valence-electron chi connectivity index (χ2n) is 6.09. The number of nitrogens with zero attached hydrogens (tertiary/aromatic N) is 1. The minimum absolute atomic E-state index is 0.210. The lowest BCUT2D eigenvalue weighted by atomic mass is 10.1. The topological polar surface area (TPSA) is 113 Å². The van der Waals surface area contributed by atoms with Gasteiger partial charge in [-0.15, -0.1) is 0 Å². The molecule has 0 unspecified atom stereocenters. The summed E-state index contributed by atoms with van der Waals surface area (Å²) in [5.74, 6) is -1.43. The lowest BCUT2D eigenvalue weighted by molar-refractivity contribution is -0.136. The largest absolute Gasteiger partial charge is 0.467 e. The molecule has 1 aromatic carbocycles. The highest BCUT2D eigenvalue weighted by Crippen LogP contribution is 2.15. The van der Waals surface area contributed by atoms with Crippen molar-refractivity contribution in [1.29, 1.82) is 0 Å². The van der Waals surface area contributed by atoms with Crippen LogP contribution in [0, 0.1) is 0 Å². The Balaban J connectivity index is 1.54. The number of hydrogen-bond acceptors (Lipinski definition) is 5. The number of anilines is 1. The smallest absolute Gasteiger partial charge is 0.313 e. The summed E-state index contributed by atoms with van der Waals surface area (Å²) in [6.45, 7) is 0.483. The van der Waals surface area contributed by atoms with Crippen molar-refractivity contribution in [3.05, 3.63) is 84.1 Å². The molecule has 2 heterocycles. The van der Waals surface area contributed by atoms with Gasteiger partial charge in [0.1, 0.15) is 5.76 Å². The van der Waals surface area contributed by atoms with E-state index in [2.05, 4.69) is 20.9 Å². The van der Waals surface area contributed by atoms with Crippen molar-refractivity contribution >= 4 is 23.4 Å². The van der Waals surface area contributed by atoms with Crippen molar-refractivity contribution in [3.8, 4) is 0 Å². The zero-order chi connectivity index (χ0) is 20.5. The van der Waals surface area contributed by atoms with Crippen molar-refractivity contribution in [2.75, 3.05) is 11.9 Å². The second-order valence-corrected chi connectivity index (χ2v) is 6.09. The fraction of sp³-hybridized carbons (Fsp3) is 0.143. The van der Waals surface area contributed by atoms with E-state index >= 15 is 0 Å². The third-order valence-corrected chi connectivity index (χ3v) is 4.02. The van der Waals surface area contributed by atoms with Gasteiger partial charge in [-0.2, -0.15) is 0 Å². The molecule has 0 spiro atoms. The molecule has 2 aromatic heterocycles. The van der Waals surface area contributed by atoms with E-state index in [1.165, 1.54) is 6.26 Å². The Morgan fingerprint density at radius 2 is 1.72 bits per heavy atom. The van der Waals surface area contributed by atoms with Crippen LogP contribution in [-0.2, 0) is 22.6 Å². The average molecular weight is 392 g/mol. The minimum Gasteiger partial charge on any atom is -0.467 e. The Hall–Kier alpha value is -3.94. The van der Waals surface area contributed by atoms with Crippen LogP contribution >= 0.6 is 0 Å². The zero-order valence-corrected chi connectivity index (χ0v) is 15.6. The van der Waals surface area contributed by atoms with Crippen molar-refractivity contribution in [2.45, 2.75) is 13.0 Å². The number of aromatic nitrogens is 1. The lowest BCUT2D eigenvalue weighted by Gasteiger charge is -2.11. The van der Waals surface area contributed by atoms with Crippen LogP contribution < -0.4 is 16.0 Å². The molecule has 29 heavy (non-hydrogen) atoms. The van der Waals surface area contributed by atoms with Gasteiger partial charge in [-0.3, -0.25) is 19.4 Å². The zero-order valence-electron chi connectivity index (χ0n) is 15.6. The van der Waals surface area contributed by atoms with E-state index in [0.29, 0.717) is 12.2 Å². The van der Waals surface area contributed by atoms with E-state index in [9.17, 15) is 14.4 Å². The highest BCUT2D eigenvalue weighted by Gasteiger charge is 2.17.